The number of nitrogens with one attached hydrogen (secondary N) is 1. The molecule has 0 saturated carbocycles. The predicted molar refractivity (Wildman–Crippen MR) is 90.0 cm³/mol. The fourth-order valence-corrected chi connectivity index (χ4v) is 3.51. The Labute approximate surface area is 144 Å². The smallest absolute Gasteiger partial charge is 0.243 e. The minimum atomic E-state index is -3.78. The minimum absolute atomic E-state index is 0.167. The van der Waals surface area contributed by atoms with Crippen molar-refractivity contribution in [3.05, 3.63) is 40.6 Å². The van der Waals surface area contributed by atoms with E-state index in [1.54, 1.807) is 19.1 Å². The summed E-state index contributed by atoms with van der Waals surface area (Å²) in [6, 6.07) is 6.18. The van der Waals surface area contributed by atoms with Gasteiger partial charge in [-0.3, -0.25) is 4.79 Å². The second-order valence-corrected chi connectivity index (χ2v) is 7.98. The number of rotatable bonds is 6. The summed E-state index contributed by atoms with van der Waals surface area (Å²) in [5.74, 6) is -0.000228. The molecular formula is C15H17ClN2O5S. The zero-order chi connectivity index (χ0) is 17.9. The van der Waals surface area contributed by atoms with Gasteiger partial charge >= 0.3 is 0 Å². The first-order valence-electron chi connectivity index (χ1n) is 7.01. The SMILES string of the molecule is COc1ccc(Cl)cc1CS(=O)(=O)C(C)C(=O)Nc1cc(C)on1. The van der Waals surface area contributed by atoms with Crippen LogP contribution in [-0.4, -0.2) is 31.8 Å². The lowest BCUT2D eigenvalue weighted by Gasteiger charge is -2.14. The van der Waals surface area contributed by atoms with Crippen LogP contribution >= 0.6 is 11.6 Å². The van der Waals surface area contributed by atoms with Gasteiger partial charge in [0.05, 0.1) is 12.9 Å². The average molecular weight is 373 g/mol. The Morgan fingerprint density at radius 2 is 2.12 bits per heavy atom. The van der Waals surface area contributed by atoms with Crippen molar-refractivity contribution in [3.8, 4) is 5.75 Å². The third kappa shape index (κ3) is 4.27. The van der Waals surface area contributed by atoms with Crippen LogP contribution in [0.3, 0.4) is 0 Å². The average Bonchev–Trinajstić information content (AvgIpc) is 2.91. The first-order valence-corrected chi connectivity index (χ1v) is 9.10. The van der Waals surface area contributed by atoms with Gasteiger partial charge < -0.3 is 14.6 Å². The van der Waals surface area contributed by atoms with Crippen LogP contribution in [0.15, 0.2) is 28.8 Å². The number of anilines is 1. The van der Waals surface area contributed by atoms with E-state index in [2.05, 4.69) is 10.5 Å². The van der Waals surface area contributed by atoms with Crippen LogP contribution in [0.4, 0.5) is 5.82 Å². The number of methoxy groups -OCH3 is 1. The van der Waals surface area contributed by atoms with E-state index in [1.807, 2.05) is 0 Å². The number of halogens is 1. The molecule has 0 aliphatic heterocycles. The number of carbonyl (C=O) groups is 1. The molecule has 0 aliphatic carbocycles. The largest absolute Gasteiger partial charge is 0.496 e. The molecule has 1 aromatic heterocycles. The maximum absolute atomic E-state index is 12.5. The molecule has 0 spiro atoms. The topological polar surface area (TPSA) is 98.5 Å². The van der Waals surface area contributed by atoms with E-state index >= 15 is 0 Å². The van der Waals surface area contributed by atoms with Crippen LogP contribution in [0.25, 0.3) is 0 Å². The lowest BCUT2D eigenvalue weighted by Crippen LogP contribution is -2.33. The molecular weight excluding hydrogens is 356 g/mol. The summed E-state index contributed by atoms with van der Waals surface area (Å²) >= 11 is 5.91. The Bertz CT molecular complexity index is 847. The number of carbonyl (C=O) groups excluding carboxylic acids is 1. The van der Waals surface area contributed by atoms with Crippen molar-refractivity contribution in [2.75, 3.05) is 12.4 Å². The van der Waals surface area contributed by atoms with E-state index in [-0.39, 0.29) is 11.6 Å². The highest BCUT2D eigenvalue weighted by molar-refractivity contribution is 7.92. The third-order valence-corrected chi connectivity index (χ3v) is 5.63. The highest BCUT2D eigenvalue weighted by Gasteiger charge is 2.29. The number of nitrogens with zero attached hydrogens (tertiary/aromatic N) is 1. The molecule has 0 saturated heterocycles. The summed E-state index contributed by atoms with van der Waals surface area (Å²) in [6.07, 6.45) is 0. The van der Waals surface area contributed by atoms with Gasteiger partial charge in [0, 0.05) is 16.7 Å². The fraction of sp³-hybridized carbons (Fsp3) is 0.333. The van der Waals surface area contributed by atoms with Gasteiger partial charge in [0.2, 0.25) is 5.91 Å². The number of ether oxygens (including phenoxy) is 1. The first kappa shape index (κ1) is 18.3. The Morgan fingerprint density at radius 1 is 1.42 bits per heavy atom. The van der Waals surface area contributed by atoms with E-state index < -0.39 is 21.0 Å². The summed E-state index contributed by atoms with van der Waals surface area (Å²) in [5.41, 5.74) is 0.391. The van der Waals surface area contributed by atoms with Gasteiger partial charge in [0.15, 0.2) is 15.7 Å². The fourth-order valence-electron chi connectivity index (χ4n) is 2.02. The van der Waals surface area contributed by atoms with Crippen LogP contribution in [0.2, 0.25) is 5.02 Å². The lowest BCUT2D eigenvalue weighted by molar-refractivity contribution is -0.115. The molecule has 9 heteroatoms. The van der Waals surface area contributed by atoms with Gasteiger partial charge in [-0.25, -0.2) is 8.42 Å². The molecule has 24 heavy (non-hydrogen) atoms. The molecule has 1 heterocycles. The second kappa shape index (κ2) is 7.23. The third-order valence-electron chi connectivity index (χ3n) is 3.39. The zero-order valence-electron chi connectivity index (χ0n) is 13.4. The van der Waals surface area contributed by atoms with E-state index in [9.17, 15) is 13.2 Å². The van der Waals surface area contributed by atoms with Crippen LogP contribution in [-0.2, 0) is 20.4 Å². The van der Waals surface area contributed by atoms with Crippen molar-refractivity contribution < 1.29 is 22.5 Å². The second-order valence-electron chi connectivity index (χ2n) is 5.22. The van der Waals surface area contributed by atoms with E-state index in [1.165, 1.54) is 26.2 Å². The highest BCUT2D eigenvalue weighted by atomic mass is 35.5. The number of hydrogen-bond donors (Lipinski definition) is 1. The van der Waals surface area contributed by atoms with Crippen molar-refractivity contribution >= 4 is 33.2 Å². The van der Waals surface area contributed by atoms with Crippen LogP contribution in [0, 0.1) is 6.92 Å². The normalized spacial score (nSPS) is 12.7. The monoisotopic (exact) mass is 372 g/mol. The van der Waals surface area contributed by atoms with Crippen LogP contribution in [0.5, 0.6) is 5.75 Å². The van der Waals surface area contributed by atoms with Gasteiger partial charge in [0.1, 0.15) is 16.8 Å². The molecule has 0 bridgehead atoms. The quantitative estimate of drug-likeness (QED) is 0.836. The van der Waals surface area contributed by atoms with E-state index in [0.717, 1.165) is 0 Å². The molecule has 1 aromatic carbocycles. The van der Waals surface area contributed by atoms with Crippen molar-refractivity contribution in [1.29, 1.82) is 0 Å². The highest BCUT2D eigenvalue weighted by Crippen LogP contribution is 2.26. The van der Waals surface area contributed by atoms with Gasteiger partial charge in [-0.15, -0.1) is 0 Å². The predicted octanol–water partition coefficient (Wildman–Crippen LogP) is 2.59. The molecule has 2 aromatic rings. The number of aryl methyl sites for hydroxylation is 1. The number of sulfone groups is 1. The molecule has 0 radical (unpaired) electrons. The minimum Gasteiger partial charge on any atom is -0.496 e. The summed E-state index contributed by atoms with van der Waals surface area (Å²) in [7, 11) is -2.35. The van der Waals surface area contributed by atoms with Gasteiger partial charge in [-0.1, -0.05) is 16.8 Å². The molecule has 1 atom stereocenters. The Balaban J connectivity index is 2.17. The number of benzene rings is 1. The van der Waals surface area contributed by atoms with E-state index in [4.69, 9.17) is 20.9 Å². The molecule has 0 fully saturated rings. The molecule has 2 rings (SSSR count). The number of amides is 1. The lowest BCUT2D eigenvalue weighted by atomic mass is 10.2. The first-order chi connectivity index (χ1) is 11.2. The van der Waals surface area contributed by atoms with Crippen molar-refractivity contribution in [1.82, 2.24) is 5.16 Å². The van der Waals surface area contributed by atoms with Crippen molar-refractivity contribution in [2.24, 2.45) is 0 Å². The number of aromatic nitrogens is 1. The van der Waals surface area contributed by atoms with Crippen molar-refractivity contribution in [2.45, 2.75) is 24.9 Å². The molecule has 7 nitrogen and oxygen atoms in total. The molecule has 0 aliphatic rings. The Kier molecular flexibility index (Phi) is 5.51. The maximum atomic E-state index is 12.5. The molecule has 1 N–H and O–H groups in total. The van der Waals surface area contributed by atoms with Crippen molar-refractivity contribution in [3.63, 3.8) is 0 Å². The summed E-state index contributed by atoms with van der Waals surface area (Å²) < 4.78 is 35.0. The Morgan fingerprint density at radius 3 is 2.71 bits per heavy atom. The van der Waals surface area contributed by atoms with Gasteiger partial charge in [0.25, 0.3) is 0 Å². The van der Waals surface area contributed by atoms with E-state index in [0.29, 0.717) is 22.1 Å². The molecule has 130 valence electrons. The van der Waals surface area contributed by atoms with Crippen LogP contribution < -0.4 is 10.1 Å². The number of hydrogen-bond acceptors (Lipinski definition) is 6. The zero-order valence-corrected chi connectivity index (χ0v) is 14.9. The summed E-state index contributed by atoms with van der Waals surface area (Å²) in [5, 5.41) is 5.12. The summed E-state index contributed by atoms with van der Waals surface area (Å²) in [6.45, 7) is 2.98. The summed E-state index contributed by atoms with van der Waals surface area (Å²) in [4.78, 5) is 12.2. The Hall–Kier alpha value is -2.06. The van der Waals surface area contributed by atoms with Gasteiger partial charge in [-0.2, -0.15) is 0 Å². The maximum Gasteiger partial charge on any atom is 0.243 e. The van der Waals surface area contributed by atoms with Crippen LogP contribution in [0.1, 0.15) is 18.2 Å². The molecule has 1 amide bonds. The van der Waals surface area contributed by atoms with Gasteiger partial charge in [-0.05, 0) is 32.0 Å². The molecule has 1 unspecified atom stereocenters. The standard InChI is InChI=1S/C15H17ClN2O5S/c1-9-6-14(18-23-9)17-15(19)10(2)24(20,21)8-11-7-12(16)4-5-13(11)22-3/h4-7,10H,8H2,1-3H3,(H,17,18,19).